The first-order valence-electron chi connectivity index (χ1n) is 12.4. The Labute approximate surface area is 239 Å². The summed E-state index contributed by atoms with van der Waals surface area (Å²) in [6, 6.07) is 30.2. The molecule has 1 aliphatic heterocycles. The van der Waals surface area contributed by atoms with Gasteiger partial charge in [0.25, 0.3) is 5.69 Å². The SMILES string of the molecule is O=[N+]([O-])c1ccc(Sc2ccc(N3C(=S)N[C@@H](c4ccccn4)[C@H]3c3cccn3-c3ccccc3F)cc2)cc1. The van der Waals surface area contributed by atoms with Crippen LogP contribution >= 0.6 is 24.0 Å². The summed E-state index contributed by atoms with van der Waals surface area (Å²) in [5, 5.41) is 14.9. The number of thiocarbonyl (C=S) groups is 1. The zero-order chi connectivity index (χ0) is 27.6. The molecule has 198 valence electrons. The maximum atomic E-state index is 14.9. The van der Waals surface area contributed by atoms with Gasteiger partial charge in [-0.3, -0.25) is 15.1 Å². The van der Waals surface area contributed by atoms with Gasteiger partial charge in [-0.05, 0) is 85.0 Å². The topological polar surface area (TPSA) is 76.2 Å². The van der Waals surface area contributed by atoms with Crippen LogP contribution in [-0.2, 0) is 0 Å². The largest absolute Gasteiger partial charge is 0.351 e. The first-order chi connectivity index (χ1) is 19.5. The number of hydrogen-bond donors (Lipinski definition) is 1. The average Bonchev–Trinajstić information content (AvgIpc) is 3.59. The number of nitro groups is 1. The second-order valence-corrected chi connectivity index (χ2v) is 10.6. The maximum absolute atomic E-state index is 14.9. The first-order valence-corrected chi connectivity index (χ1v) is 13.7. The highest BCUT2D eigenvalue weighted by Crippen LogP contribution is 2.43. The summed E-state index contributed by atoms with van der Waals surface area (Å²) in [7, 11) is 0. The Kier molecular flexibility index (Phi) is 7.02. The van der Waals surface area contributed by atoms with Gasteiger partial charge in [0.15, 0.2) is 5.11 Å². The summed E-state index contributed by atoms with van der Waals surface area (Å²) in [6.45, 7) is 0. The molecule has 40 heavy (non-hydrogen) atoms. The van der Waals surface area contributed by atoms with E-state index in [4.69, 9.17) is 12.2 Å². The number of hydrogen-bond acceptors (Lipinski definition) is 5. The summed E-state index contributed by atoms with van der Waals surface area (Å²) in [4.78, 5) is 19.1. The number of nitrogens with one attached hydrogen (secondary N) is 1. The van der Waals surface area contributed by atoms with E-state index in [9.17, 15) is 14.5 Å². The highest BCUT2D eigenvalue weighted by molar-refractivity contribution is 7.99. The minimum Gasteiger partial charge on any atom is -0.351 e. The van der Waals surface area contributed by atoms with Gasteiger partial charge >= 0.3 is 0 Å². The third-order valence-electron chi connectivity index (χ3n) is 6.69. The Hall–Kier alpha value is -4.54. The molecular weight excluding hydrogens is 545 g/mol. The van der Waals surface area contributed by atoms with Crippen LogP contribution in [0.2, 0.25) is 0 Å². The van der Waals surface area contributed by atoms with Crippen LogP contribution in [0.5, 0.6) is 0 Å². The van der Waals surface area contributed by atoms with E-state index >= 15 is 0 Å². The maximum Gasteiger partial charge on any atom is 0.269 e. The lowest BCUT2D eigenvalue weighted by Crippen LogP contribution is -2.30. The van der Waals surface area contributed by atoms with Crippen molar-refractivity contribution in [1.82, 2.24) is 14.9 Å². The van der Waals surface area contributed by atoms with Gasteiger partial charge in [-0.1, -0.05) is 30.0 Å². The molecule has 0 radical (unpaired) electrons. The average molecular weight is 568 g/mol. The summed E-state index contributed by atoms with van der Waals surface area (Å²) in [6.07, 6.45) is 3.60. The Morgan fingerprint density at radius 2 is 1.60 bits per heavy atom. The lowest BCUT2D eigenvalue weighted by molar-refractivity contribution is -0.384. The number of pyridine rings is 1. The van der Waals surface area contributed by atoms with E-state index in [0.29, 0.717) is 10.8 Å². The summed E-state index contributed by atoms with van der Waals surface area (Å²) >= 11 is 7.36. The van der Waals surface area contributed by atoms with Gasteiger partial charge in [-0.25, -0.2) is 4.39 Å². The Balaban J connectivity index is 1.36. The smallest absolute Gasteiger partial charge is 0.269 e. The van der Waals surface area contributed by atoms with E-state index in [1.54, 1.807) is 30.5 Å². The molecular formula is C30H22FN5O2S2. The van der Waals surface area contributed by atoms with Gasteiger partial charge in [0.2, 0.25) is 0 Å². The molecule has 6 rings (SSSR count). The monoisotopic (exact) mass is 567 g/mol. The number of halogens is 1. The molecule has 3 heterocycles. The summed E-state index contributed by atoms with van der Waals surface area (Å²) in [5.74, 6) is -0.318. The van der Waals surface area contributed by atoms with Crippen LogP contribution in [-0.4, -0.2) is 19.6 Å². The zero-order valence-corrected chi connectivity index (χ0v) is 22.6. The lowest BCUT2D eigenvalue weighted by Gasteiger charge is -2.29. The van der Waals surface area contributed by atoms with Crippen molar-refractivity contribution in [3.8, 4) is 5.69 Å². The van der Waals surface area contributed by atoms with Gasteiger partial charge in [0.1, 0.15) is 11.9 Å². The lowest BCUT2D eigenvalue weighted by atomic mass is 10.0. The molecule has 1 aliphatic rings. The van der Waals surface area contributed by atoms with Crippen LogP contribution in [0.25, 0.3) is 5.69 Å². The fourth-order valence-electron chi connectivity index (χ4n) is 4.88. The van der Waals surface area contributed by atoms with Crippen LogP contribution in [0.1, 0.15) is 23.5 Å². The molecule has 2 atom stereocenters. The van der Waals surface area contributed by atoms with Gasteiger partial charge in [0, 0.05) is 45.7 Å². The second kappa shape index (κ2) is 10.9. The van der Waals surface area contributed by atoms with E-state index in [2.05, 4.69) is 10.3 Å². The number of nitro benzene ring substituents is 1. The number of rotatable bonds is 7. The van der Waals surface area contributed by atoms with E-state index < -0.39 is 4.92 Å². The molecule has 10 heteroatoms. The molecule has 0 bridgehead atoms. The van der Waals surface area contributed by atoms with Crippen LogP contribution in [0.15, 0.2) is 125 Å². The van der Waals surface area contributed by atoms with E-state index in [1.807, 2.05) is 76.3 Å². The van der Waals surface area contributed by atoms with Crippen LogP contribution in [0, 0.1) is 15.9 Å². The van der Waals surface area contributed by atoms with Gasteiger partial charge in [-0.15, -0.1) is 0 Å². The highest BCUT2D eigenvalue weighted by atomic mass is 32.2. The van der Waals surface area contributed by atoms with Crippen LogP contribution in [0.3, 0.4) is 0 Å². The van der Waals surface area contributed by atoms with E-state index in [-0.39, 0.29) is 23.6 Å². The molecule has 0 aliphatic carbocycles. The molecule has 1 saturated heterocycles. The minimum atomic E-state index is -0.409. The number of nitrogens with zero attached hydrogens (tertiary/aromatic N) is 4. The standard InChI is InChI=1S/C30H22FN5O2S2/c31-24-6-1-2-8-26(24)34-19-5-9-27(34)29-28(25-7-3-4-18-32-25)33-30(39)35(29)20-10-14-22(15-11-20)40-23-16-12-21(13-17-23)36(37)38/h1-19,28-29H,(H,33,39)/t28-,29+/m0/s1. The van der Waals surface area contributed by atoms with E-state index in [0.717, 1.165) is 26.9 Å². The predicted molar refractivity (Wildman–Crippen MR) is 157 cm³/mol. The Bertz CT molecular complexity index is 1680. The quantitative estimate of drug-likeness (QED) is 0.126. The normalized spacial score (nSPS) is 16.6. The third-order valence-corrected chi connectivity index (χ3v) is 8.02. The van der Waals surface area contributed by atoms with Crippen molar-refractivity contribution in [2.24, 2.45) is 0 Å². The molecule has 0 unspecified atom stereocenters. The fraction of sp³-hybridized carbons (Fsp3) is 0.0667. The molecule has 0 spiro atoms. The highest BCUT2D eigenvalue weighted by Gasteiger charge is 2.42. The van der Waals surface area contributed by atoms with Crippen LogP contribution < -0.4 is 10.2 Å². The number of anilines is 1. The van der Waals surface area contributed by atoms with Gasteiger partial charge in [-0.2, -0.15) is 0 Å². The number of benzene rings is 3. The third kappa shape index (κ3) is 4.94. The van der Waals surface area contributed by atoms with Gasteiger partial charge < -0.3 is 14.8 Å². The van der Waals surface area contributed by atoms with Crippen LogP contribution in [0.4, 0.5) is 15.8 Å². The van der Waals surface area contributed by atoms with Crippen molar-refractivity contribution in [3.63, 3.8) is 0 Å². The molecule has 2 aromatic heterocycles. The molecule has 7 nitrogen and oxygen atoms in total. The van der Waals surface area contributed by atoms with Crippen molar-refractivity contribution >= 4 is 40.5 Å². The molecule has 5 aromatic rings. The Morgan fingerprint density at radius 1 is 0.900 bits per heavy atom. The molecule has 3 aromatic carbocycles. The Morgan fingerprint density at radius 3 is 2.27 bits per heavy atom. The summed E-state index contributed by atoms with van der Waals surface area (Å²) in [5.41, 5.74) is 3.06. The molecule has 0 amide bonds. The van der Waals surface area contributed by atoms with E-state index in [1.165, 1.54) is 30.0 Å². The van der Waals surface area contributed by atoms with Crippen molar-refractivity contribution < 1.29 is 9.31 Å². The summed E-state index contributed by atoms with van der Waals surface area (Å²) < 4.78 is 16.8. The van der Waals surface area contributed by atoms with Crippen molar-refractivity contribution in [3.05, 3.63) is 143 Å². The second-order valence-electron chi connectivity index (χ2n) is 9.10. The molecule has 1 fully saturated rings. The predicted octanol–water partition coefficient (Wildman–Crippen LogP) is 7.25. The van der Waals surface area contributed by atoms with Crippen molar-refractivity contribution in [1.29, 1.82) is 0 Å². The zero-order valence-electron chi connectivity index (χ0n) is 20.9. The number of non-ortho nitro benzene ring substituents is 1. The molecule has 1 N–H and O–H groups in total. The first kappa shape index (κ1) is 25.7. The van der Waals surface area contributed by atoms with Crippen molar-refractivity contribution in [2.45, 2.75) is 21.9 Å². The number of aromatic nitrogens is 2. The van der Waals surface area contributed by atoms with Gasteiger partial charge in [0.05, 0.1) is 22.3 Å². The van der Waals surface area contributed by atoms with Crippen molar-refractivity contribution in [2.75, 3.05) is 4.90 Å². The fourth-order valence-corrected chi connectivity index (χ4v) is 6.04. The molecule has 0 saturated carbocycles. The minimum absolute atomic E-state index is 0.0587. The number of para-hydroxylation sites is 1.